The summed E-state index contributed by atoms with van der Waals surface area (Å²) in [5.41, 5.74) is 0. The number of hydrogen-bond acceptors (Lipinski definition) is 4. The molecule has 0 spiro atoms. The van der Waals surface area contributed by atoms with Gasteiger partial charge in [0.25, 0.3) is 0 Å². The van der Waals surface area contributed by atoms with E-state index in [2.05, 4.69) is 42.1 Å². The lowest BCUT2D eigenvalue weighted by Gasteiger charge is -2.08. The van der Waals surface area contributed by atoms with Gasteiger partial charge in [-0.15, -0.1) is 11.3 Å². The van der Waals surface area contributed by atoms with E-state index < -0.39 is 0 Å². The molecule has 0 unspecified atom stereocenters. The predicted octanol–water partition coefficient (Wildman–Crippen LogP) is 4.50. The molecule has 2 heterocycles. The molecule has 1 N–H and O–H groups in total. The second-order valence-electron chi connectivity index (χ2n) is 4.88. The first-order valence-electron chi connectivity index (χ1n) is 6.24. The molecular weight excluding hydrogens is 266 g/mol. The number of rotatable bonds is 5. The first-order chi connectivity index (χ1) is 8.56. The summed E-state index contributed by atoms with van der Waals surface area (Å²) in [6.07, 6.45) is 2.36. The molecule has 98 valence electrons. The fourth-order valence-electron chi connectivity index (χ4n) is 1.87. The van der Waals surface area contributed by atoms with E-state index in [9.17, 15) is 0 Å². The fraction of sp³-hybridized carbons (Fsp3) is 0.538. The van der Waals surface area contributed by atoms with Gasteiger partial charge >= 0.3 is 0 Å². The van der Waals surface area contributed by atoms with Gasteiger partial charge < -0.3 is 5.32 Å². The number of anilines is 1. The number of nitrogens with zero attached hydrogens (tertiary/aromatic N) is 2. The Morgan fingerprint density at radius 1 is 1.39 bits per heavy atom. The second-order valence-corrected chi connectivity index (χ2v) is 6.45. The first kappa shape index (κ1) is 13.6. The maximum absolute atomic E-state index is 5.94. The molecule has 0 aliphatic rings. The quantitative estimate of drug-likeness (QED) is 0.648. The van der Waals surface area contributed by atoms with Crippen LogP contribution in [0.25, 0.3) is 10.2 Å². The summed E-state index contributed by atoms with van der Waals surface area (Å²) in [7, 11) is 0. The maximum Gasteiger partial charge on any atom is 0.225 e. The number of aryl methyl sites for hydroxylation is 1. The van der Waals surface area contributed by atoms with Gasteiger partial charge in [0.05, 0.1) is 5.39 Å². The van der Waals surface area contributed by atoms with Gasteiger partial charge in [-0.2, -0.15) is 0 Å². The molecule has 0 aliphatic heterocycles. The third-order valence-corrected chi connectivity index (χ3v) is 3.85. The standard InChI is InChI=1S/C13H18ClN3S/c1-8(2)5-4-6-15-11-10-7-9(3)18-12(10)17-13(14)16-11/h7-8H,4-6H2,1-3H3,(H,15,16,17). The molecule has 0 bridgehead atoms. The van der Waals surface area contributed by atoms with Gasteiger partial charge in [0, 0.05) is 11.4 Å². The van der Waals surface area contributed by atoms with Gasteiger partial charge in [0.15, 0.2) is 0 Å². The fourth-order valence-corrected chi connectivity index (χ4v) is 2.97. The van der Waals surface area contributed by atoms with E-state index >= 15 is 0 Å². The van der Waals surface area contributed by atoms with E-state index in [0.29, 0.717) is 5.28 Å². The molecule has 5 heteroatoms. The molecule has 0 saturated heterocycles. The highest BCUT2D eigenvalue weighted by Gasteiger charge is 2.09. The minimum Gasteiger partial charge on any atom is -0.369 e. The van der Waals surface area contributed by atoms with Crippen LogP contribution in [0.15, 0.2) is 6.07 Å². The molecule has 0 fully saturated rings. The Labute approximate surface area is 117 Å². The van der Waals surface area contributed by atoms with Crippen molar-refractivity contribution in [3.63, 3.8) is 0 Å². The van der Waals surface area contributed by atoms with Crippen LogP contribution in [0.2, 0.25) is 5.28 Å². The summed E-state index contributed by atoms with van der Waals surface area (Å²) in [5.74, 6) is 1.60. The minimum atomic E-state index is 0.315. The molecule has 0 aromatic carbocycles. The van der Waals surface area contributed by atoms with E-state index in [0.717, 1.165) is 34.9 Å². The topological polar surface area (TPSA) is 37.8 Å². The van der Waals surface area contributed by atoms with E-state index in [-0.39, 0.29) is 0 Å². The van der Waals surface area contributed by atoms with Crippen molar-refractivity contribution in [3.8, 4) is 0 Å². The van der Waals surface area contributed by atoms with Crippen LogP contribution >= 0.6 is 22.9 Å². The summed E-state index contributed by atoms with van der Waals surface area (Å²) < 4.78 is 0. The molecule has 3 nitrogen and oxygen atoms in total. The van der Waals surface area contributed by atoms with Crippen molar-refractivity contribution in [1.29, 1.82) is 0 Å². The largest absolute Gasteiger partial charge is 0.369 e. The smallest absolute Gasteiger partial charge is 0.225 e. The lowest BCUT2D eigenvalue weighted by Crippen LogP contribution is -2.05. The van der Waals surface area contributed by atoms with Gasteiger partial charge in [-0.05, 0) is 43.4 Å². The Bertz CT molecular complexity index is 536. The summed E-state index contributed by atoms with van der Waals surface area (Å²) in [4.78, 5) is 10.7. The number of nitrogens with one attached hydrogen (secondary N) is 1. The highest BCUT2D eigenvalue weighted by atomic mass is 35.5. The second kappa shape index (κ2) is 5.85. The van der Waals surface area contributed by atoms with E-state index in [1.165, 1.54) is 11.3 Å². The van der Waals surface area contributed by atoms with Crippen molar-refractivity contribution in [2.75, 3.05) is 11.9 Å². The van der Waals surface area contributed by atoms with Gasteiger partial charge in [-0.1, -0.05) is 13.8 Å². The molecular formula is C13H18ClN3S. The minimum absolute atomic E-state index is 0.315. The summed E-state index contributed by atoms with van der Waals surface area (Å²) in [5, 5.41) is 4.76. The highest BCUT2D eigenvalue weighted by molar-refractivity contribution is 7.18. The van der Waals surface area contributed by atoms with Crippen LogP contribution in [-0.2, 0) is 0 Å². The molecule has 0 radical (unpaired) electrons. The van der Waals surface area contributed by atoms with E-state index in [4.69, 9.17) is 11.6 Å². The van der Waals surface area contributed by atoms with Gasteiger partial charge in [0.2, 0.25) is 5.28 Å². The van der Waals surface area contributed by atoms with Crippen LogP contribution in [0.3, 0.4) is 0 Å². The monoisotopic (exact) mass is 283 g/mol. The average molecular weight is 284 g/mol. The number of thiophene rings is 1. The maximum atomic E-state index is 5.94. The lowest BCUT2D eigenvalue weighted by atomic mass is 10.1. The summed E-state index contributed by atoms with van der Waals surface area (Å²) in [6, 6.07) is 2.11. The molecule has 2 aromatic heterocycles. The Hall–Kier alpha value is -0.870. The molecule has 18 heavy (non-hydrogen) atoms. The van der Waals surface area contributed by atoms with Gasteiger partial charge in [-0.3, -0.25) is 0 Å². The molecule has 0 aliphatic carbocycles. The van der Waals surface area contributed by atoms with Crippen LogP contribution < -0.4 is 5.32 Å². The van der Waals surface area contributed by atoms with Gasteiger partial charge in [0.1, 0.15) is 10.6 Å². The van der Waals surface area contributed by atoms with E-state index in [1.807, 2.05) is 0 Å². The Morgan fingerprint density at radius 2 is 2.17 bits per heavy atom. The zero-order chi connectivity index (χ0) is 13.1. The van der Waals surface area contributed by atoms with Crippen molar-refractivity contribution in [2.24, 2.45) is 5.92 Å². The van der Waals surface area contributed by atoms with Crippen LogP contribution in [0, 0.1) is 12.8 Å². The van der Waals surface area contributed by atoms with Crippen molar-refractivity contribution >= 4 is 39.0 Å². The SMILES string of the molecule is Cc1cc2c(NCCCC(C)C)nc(Cl)nc2s1. The molecule has 0 amide bonds. The first-order valence-corrected chi connectivity index (χ1v) is 7.43. The van der Waals surface area contributed by atoms with Crippen molar-refractivity contribution < 1.29 is 0 Å². The number of hydrogen-bond donors (Lipinski definition) is 1. The summed E-state index contributed by atoms with van der Waals surface area (Å²) in [6.45, 7) is 7.47. The number of fused-ring (bicyclic) bond motifs is 1. The van der Waals surface area contributed by atoms with Gasteiger partial charge in [-0.25, -0.2) is 9.97 Å². The van der Waals surface area contributed by atoms with Crippen LogP contribution in [0.4, 0.5) is 5.82 Å². The highest BCUT2D eigenvalue weighted by Crippen LogP contribution is 2.29. The van der Waals surface area contributed by atoms with Crippen LogP contribution in [0.5, 0.6) is 0 Å². The van der Waals surface area contributed by atoms with Crippen molar-refractivity contribution in [1.82, 2.24) is 9.97 Å². The Kier molecular flexibility index (Phi) is 4.40. The van der Waals surface area contributed by atoms with Crippen molar-refractivity contribution in [2.45, 2.75) is 33.6 Å². The molecule has 0 saturated carbocycles. The van der Waals surface area contributed by atoms with Crippen molar-refractivity contribution in [3.05, 3.63) is 16.2 Å². The van der Waals surface area contributed by atoms with E-state index in [1.54, 1.807) is 11.3 Å². The molecule has 2 rings (SSSR count). The zero-order valence-corrected chi connectivity index (χ0v) is 12.5. The molecule has 2 aromatic rings. The Balaban J connectivity index is 2.11. The third kappa shape index (κ3) is 3.33. The molecule has 0 atom stereocenters. The lowest BCUT2D eigenvalue weighted by molar-refractivity contribution is 0.567. The predicted molar refractivity (Wildman–Crippen MR) is 79.7 cm³/mol. The number of aromatic nitrogens is 2. The zero-order valence-electron chi connectivity index (χ0n) is 11.0. The third-order valence-electron chi connectivity index (χ3n) is 2.74. The number of halogens is 1. The van der Waals surface area contributed by atoms with Crippen LogP contribution in [0.1, 0.15) is 31.6 Å². The normalized spacial score (nSPS) is 11.4. The average Bonchev–Trinajstić information content (AvgIpc) is 2.64. The Morgan fingerprint density at radius 3 is 2.89 bits per heavy atom. The summed E-state index contributed by atoms with van der Waals surface area (Å²) >= 11 is 7.59. The van der Waals surface area contributed by atoms with Crippen LogP contribution in [-0.4, -0.2) is 16.5 Å².